The minimum Gasteiger partial charge on any atom is -0.481 e. The van der Waals surface area contributed by atoms with Crippen LogP contribution >= 0.6 is 0 Å². The van der Waals surface area contributed by atoms with Gasteiger partial charge in [-0.2, -0.15) is 0 Å². The van der Waals surface area contributed by atoms with Gasteiger partial charge >= 0.3 is 5.97 Å². The lowest BCUT2D eigenvalue weighted by molar-refractivity contribution is -0.407. The molecule has 0 aromatic heterocycles. The number of hydrogen-bond acceptors (Lipinski definition) is 4. The molecule has 0 aromatic rings. The number of carboxylic acids is 1. The monoisotopic (exact) mass is 288 g/mol. The molecule has 1 heterocycles. The van der Waals surface area contributed by atoms with Crippen LogP contribution in [0.25, 0.3) is 0 Å². The zero-order valence-corrected chi connectivity index (χ0v) is 11.2. The standard InChI is InChI=1S/C12H22N4O3.CH4/c13-4-2-1-3-8(12(18)19)5-10(17)11(14)9-6-15-7-16-9;/h7-9,11H,1-6,13-14H2,(H,15,16)(H,18,19);1H4/p+2. The first-order valence-electron chi connectivity index (χ1n) is 6.68. The van der Waals surface area contributed by atoms with Gasteiger partial charge in [0.05, 0.1) is 25.3 Å². The van der Waals surface area contributed by atoms with Gasteiger partial charge in [-0.1, -0.05) is 7.43 Å². The van der Waals surface area contributed by atoms with Gasteiger partial charge in [0, 0.05) is 6.42 Å². The minimum atomic E-state index is -0.903. The summed E-state index contributed by atoms with van der Waals surface area (Å²) in [5.74, 6) is -1.61. The van der Waals surface area contributed by atoms with Crippen LogP contribution in [0.5, 0.6) is 0 Å². The Kier molecular flexibility index (Phi) is 8.74. The molecule has 0 radical (unpaired) electrons. The van der Waals surface area contributed by atoms with Crippen molar-refractivity contribution in [1.29, 1.82) is 0 Å². The van der Waals surface area contributed by atoms with Crippen LogP contribution in [0.4, 0.5) is 0 Å². The van der Waals surface area contributed by atoms with E-state index in [9.17, 15) is 9.59 Å². The van der Waals surface area contributed by atoms with E-state index in [1.165, 1.54) is 0 Å². The summed E-state index contributed by atoms with van der Waals surface area (Å²) in [6, 6.07) is -0.543. The summed E-state index contributed by atoms with van der Waals surface area (Å²) < 4.78 is 0. The van der Waals surface area contributed by atoms with Crippen molar-refractivity contribution in [1.82, 2.24) is 5.32 Å². The topological polar surface area (TPSA) is 134 Å². The maximum atomic E-state index is 12.0. The molecule has 0 amide bonds. The zero-order valence-electron chi connectivity index (χ0n) is 11.2. The predicted molar refractivity (Wildman–Crippen MR) is 76.0 cm³/mol. The second kappa shape index (κ2) is 9.44. The van der Waals surface area contributed by atoms with E-state index in [4.69, 9.17) is 5.11 Å². The van der Waals surface area contributed by atoms with Crippen LogP contribution in [0.3, 0.4) is 0 Å². The Bertz CT molecular complexity index is 339. The average molecular weight is 288 g/mol. The van der Waals surface area contributed by atoms with Crippen molar-refractivity contribution in [3.8, 4) is 0 Å². The Hall–Kier alpha value is -1.47. The number of rotatable bonds is 9. The molecule has 3 atom stereocenters. The number of unbranched alkanes of at least 4 members (excludes halogenated alkanes) is 1. The smallest absolute Gasteiger partial charge is 0.306 e. The largest absolute Gasteiger partial charge is 0.481 e. The highest BCUT2D eigenvalue weighted by atomic mass is 16.4. The Balaban J connectivity index is 0.00000361. The molecule has 7 heteroatoms. The number of carbonyl (C=O) groups excluding carboxylic acids is 1. The van der Waals surface area contributed by atoms with Gasteiger partial charge in [-0.3, -0.25) is 14.6 Å². The first-order valence-corrected chi connectivity index (χ1v) is 6.68. The van der Waals surface area contributed by atoms with Gasteiger partial charge in [-0.25, -0.2) is 0 Å². The molecule has 0 bridgehead atoms. The number of quaternary nitrogens is 2. The molecule has 0 fully saturated rings. The van der Waals surface area contributed by atoms with E-state index in [-0.39, 0.29) is 25.7 Å². The van der Waals surface area contributed by atoms with Gasteiger partial charge in [0.25, 0.3) is 0 Å². The first-order chi connectivity index (χ1) is 9.06. The Labute approximate surface area is 119 Å². The Morgan fingerprint density at radius 2 is 2.15 bits per heavy atom. The number of hydrogen-bond donors (Lipinski definition) is 4. The van der Waals surface area contributed by atoms with Crippen LogP contribution in [0.15, 0.2) is 4.99 Å². The van der Waals surface area contributed by atoms with E-state index < -0.39 is 17.9 Å². The van der Waals surface area contributed by atoms with E-state index in [0.717, 1.165) is 19.4 Å². The first kappa shape index (κ1) is 18.5. The van der Waals surface area contributed by atoms with Crippen molar-refractivity contribution in [3.05, 3.63) is 0 Å². The molecule has 0 spiro atoms. The molecule has 1 aliphatic rings. The predicted octanol–water partition coefficient (Wildman–Crippen LogP) is -1.69. The quantitative estimate of drug-likeness (QED) is 0.376. The van der Waals surface area contributed by atoms with Crippen LogP contribution < -0.4 is 16.8 Å². The van der Waals surface area contributed by atoms with Gasteiger partial charge in [0.1, 0.15) is 6.04 Å². The molecular formula is C13H28N4O3+2. The summed E-state index contributed by atoms with van der Waals surface area (Å²) in [5.41, 5.74) is 7.56. The van der Waals surface area contributed by atoms with E-state index in [2.05, 4.69) is 21.8 Å². The number of nitrogens with zero attached hydrogens (tertiary/aromatic N) is 1. The molecule has 1 aliphatic heterocycles. The minimum absolute atomic E-state index is 0. The third-order valence-electron chi connectivity index (χ3n) is 3.43. The third-order valence-corrected chi connectivity index (χ3v) is 3.43. The molecule has 8 N–H and O–H groups in total. The maximum Gasteiger partial charge on any atom is 0.306 e. The summed E-state index contributed by atoms with van der Waals surface area (Å²) in [5, 5.41) is 12.1. The van der Waals surface area contributed by atoms with Crippen LogP contribution in [0.1, 0.15) is 33.1 Å². The van der Waals surface area contributed by atoms with Gasteiger partial charge in [-0.15, -0.1) is 0 Å². The normalized spacial score (nSPS) is 19.8. The maximum absolute atomic E-state index is 12.0. The second-order valence-corrected chi connectivity index (χ2v) is 4.93. The van der Waals surface area contributed by atoms with E-state index >= 15 is 0 Å². The molecule has 0 aliphatic carbocycles. The summed E-state index contributed by atoms with van der Waals surface area (Å²) in [7, 11) is 0. The Morgan fingerprint density at radius 3 is 2.65 bits per heavy atom. The molecular weight excluding hydrogens is 260 g/mol. The molecule has 116 valence electrons. The lowest BCUT2D eigenvalue weighted by Gasteiger charge is -2.17. The van der Waals surface area contributed by atoms with Crippen molar-refractivity contribution >= 4 is 18.1 Å². The Morgan fingerprint density at radius 1 is 1.45 bits per heavy atom. The van der Waals surface area contributed by atoms with Crippen LogP contribution in [-0.4, -0.2) is 48.4 Å². The third kappa shape index (κ3) is 5.66. The lowest BCUT2D eigenvalue weighted by Crippen LogP contribution is -2.72. The number of aliphatic carboxylic acids is 1. The van der Waals surface area contributed by atoms with Crippen molar-refractivity contribution in [2.45, 2.75) is 45.2 Å². The second-order valence-electron chi connectivity index (χ2n) is 4.93. The summed E-state index contributed by atoms with van der Waals surface area (Å²) in [4.78, 5) is 27.2. The van der Waals surface area contributed by atoms with Crippen LogP contribution in [0, 0.1) is 5.92 Å². The number of ketones is 1. The van der Waals surface area contributed by atoms with Gasteiger partial charge in [-0.05, 0) is 19.3 Å². The van der Waals surface area contributed by atoms with Gasteiger partial charge in [0.2, 0.25) is 0 Å². The number of nitrogens with one attached hydrogen (secondary N) is 1. The fourth-order valence-corrected chi connectivity index (χ4v) is 2.11. The SMILES string of the molecule is C.[NH3+]CCCCC(CC(=O)C([NH3+])C1CN=CN1)C(=O)O. The van der Waals surface area contributed by atoms with Crippen molar-refractivity contribution in [3.63, 3.8) is 0 Å². The van der Waals surface area contributed by atoms with E-state index in [1.54, 1.807) is 6.34 Å². The van der Waals surface area contributed by atoms with E-state index in [0.29, 0.717) is 13.0 Å². The molecule has 7 nitrogen and oxygen atoms in total. The van der Waals surface area contributed by atoms with Crippen molar-refractivity contribution in [2.75, 3.05) is 13.1 Å². The summed E-state index contributed by atoms with van der Waals surface area (Å²) in [6.07, 6.45) is 3.83. The number of aliphatic imine (C=N–C) groups is 1. The fraction of sp³-hybridized carbons (Fsp3) is 0.769. The molecule has 3 unspecified atom stereocenters. The van der Waals surface area contributed by atoms with Crippen LogP contribution in [0.2, 0.25) is 0 Å². The summed E-state index contributed by atoms with van der Waals surface area (Å²) in [6.45, 7) is 1.32. The molecule has 0 aromatic carbocycles. The highest BCUT2D eigenvalue weighted by molar-refractivity contribution is 5.87. The molecule has 20 heavy (non-hydrogen) atoms. The number of carboxylic acid groups (broad SMARTS) is 1. The highest BCUT2D eigenvalue weighted by Gasteiger charge is 2.32. The van der Waals surface area contributed by atoms with Crippen molar-refractivity contribution < 1.29 is 26.2 Å². The average Bonchev–Trinajstić information content (AvgIpc) is 2.90. The molecule has 1 rings (SSSR count). The van der Waals surface area contributed by atoms with E-state index in [1.807, 2.05) is 0 Å². The fourth-order valence-electron chi connectivity index (χ4n) is 2.11. The lowest BCUT2D eigenvalue weighted by atomic mass is 9.92. The number of carbonyl (C=O) groups is 2. The van der Waals surface area contributed by atoms with Gasteiger partial charge in [0.15, 0.2) is 11.8 Å². The number of Topliss-reactive ketones (excluding diaryl/α,β-unsaturated/α-hetero) is 1. The molecule has 0 saturated heterocycles. The zero-order chi connectivity index (χ0) is 14.3. The van der Waals surface area contributed by atoms with Crippen molar-refractivity contribution in [2.24, 2.45) is 10.9 Å². The highest BCUT2D eigenvalue weighted by Crippen LogP contribution is 2.15. The molecule has 0 saturated carbocycles. The van der Waals surface area contributed by atoms with Gasteiger partial charge < -0.3 is 21.9 Å². The summed E-state index contributed by atoms with van der Waals surface area (Å²) >= 11 is 0. The van der Waals surface area contributed by atoms with Crippen LogP contribution in [-0.2, 0) is 9.59 Å².